The molecule has 2 rings (SSSR count). The summed E-state index contributed by atoms with van der Waals surface area (Å²) in [5.41, 5.74) is 7.94. The van der Waals surface area contributed by atoms with E-state index in [2.05, 4.69) is 64.1 Å². The average molecular weight is 489 g/mol. The van der Waals surface area contributed by atoms with Crippen LogP contribution in [0.25, 0.3) is 0 Å². The van der Waals surface area contributed by atoms with Gasteiger partial charge in [-0.1, -0.05) is 115 Å². The molecule has 0 saturated carbocycles. The predicted octanol–water partition coefficient (Wildman–Crippen LogP) is 10.7. The minimum Gasteiger partial charge on any atom is -0.255 e. The predicted molar refractivity (Wildman–Crippen MR) is 162 cm³/mol. The largest absolute Gasteiger partial charge is 0.255 e. The fraction of sp³-hybridized carbons (Fsp3) is 0.588. The molecule has 36 heavy (non-hydrogen) atoms. The van der Waals surface area contributed by atoms with E-state index in [1.165, 1.54) is 111 Å². The Labute approximate surface area is 222 Å². The van der Waals surface area contributed by atoms with Crippen LogP contribution in [0.15, 0.2) is 46.4 Å². The van der Waals surface area contributed by atoms with Gasteiger partial charge in [-0.3, -0.25) is 9.98 Å². The summed E-state index contributed by atoms with van der Waals surface area (Å²) < 4.78 is 0. The van der Waals surface area contributed by atoms with Gasteiger partial charge in [0, 0.05) is 12.4 Å². The van der Waals surface area contributed by atoms with Crippen molar-refractivity contribution in [3.05, 3.63) is 58.7 Å². The van der Waals surface area contributed by atoms with Crippen LogP contribution in [0.5, 0.6) is 0 Å². The lowest BCUT2D eigenvalue weighted by molar-refractivity contribution is 0.709. The topological polar surface area (TPSA) is 24.7 Å². The molecule has 2 nitrogen and oxygen atoms in total. The molecule has 0 heterocycles. The van der Waals surface area contributed by atoms with Gasteiger partial charge in [0.25, 0.3) is 0 Å². The average Bonchev–Trinajstić information content (AvgIpc) is 2.89. The van der Waals surface area contributed by atoms with Crippen molar-refractivity contribution in [1.29, 1.82) is 0 Å². The Morgan fingerprint density at radius 1 is 0.444 bits per heavy atom. The summed E-state index contributed by atoms with van der Waals surface area (Å²) >= 11 is 0. The van der Waals surface area contributed by atoms with E-state index in [0.717, 1.165) is 25.7 Å². The first-order chi connectivity index (χ1) is 17.7. The summed E-state index contributed by atoms with van der Waals surface area (Å²) in [6.45, 7) is 9.08. The zero-order valence-corrected chi connectivity index (χ0v) is 23.8. The molecule has 0 amide bonds. The lowest BCUT2D eigenvalue weighted by Crippen LogP contribution is -1.95. The maximum absolute atomic E-state index is 5.01. The second-order valence-corrected chi connectivity index (χ2v) is 10.2. The SMILES string of the molecule is CCCCCc1cccc(CCCCC)c1N=CC=Nc1c(CCCCC)cccc1CCCCC. The second kappa shape index (κ2) is 19.0. The van der Waals surface area contributed by atoms with E-state index >= 15 is 0 Å². The summed E-state index contributed by atoms with van der Waals surface area (Å²) in [5, 5.41) is 0. The van der Waals surface area contributed by atoms with E-state index in [-0.39, 0.29) is 0 Å². The van der Waals surface area contributed by atoms with Crippen LogP contribution in [-0.2, 0) is 25.7 Å². The van der Waals surface area contributed by atoms with E-state index in [9.17, 15) is 0 Å². The lowest BCUT2D eigenvalue weighted by atomic mass is 9.98. The second-order valence-electron chi connectivity index (χ2n) is 10.2. The van der Waals surface area contributed by atoms with Crippen molar-refractivity contribution in [3.8, 4) is 0 Å². The molecule has 0 radical (unpaired) electrons. The molecule has 2 heteroatoms. The molecule has 198 valence electrons. The Hall–Kier alpha value is -2.22. The molecule has 0 aromatic heterocycles. The molecule has 0 N–H and O–H groups in total. The molecule has 0 aliphatic carbocycles. The highest BCUT2D eigenvalue weighted by Crippen LogP contribution is 2.29. The van der Waals surface area contributed by atoms with Crippen LogP contribution in [0.4, 0.5) is 11.4 Å². The first kappa shape index (κ1) is 30.0. The van der Waals surface area contributed by atoms with Crippen LogP contribution in [0.2, 0.25) is 0 Å². The Balaban J connectivity index is 2.28. The van der Waals surface area contributed by atoms with Gasteiger partial charge in [-0.25, -0.2) is 0 Å². The smallest absolute Gasteiger partial charge is 0.0694 e. The van der Waals surface area contributed by atoms with E-state index in [1.807, 2.05) is 12.4 Å². The zero-order valence-electron chi connectivity index (χ0n) is 23.8. The molecule has 0 aliphatic heterocycles. The highest BCUT2D eigenvalue weighted by molar-refractivity contribution is 6.17. The van der Waals surface area contributed by atoms with Crippen LogP contribution in [0.1, 0.15) is 127 Å². The molecule has 0 aliphatic rings. The van der Waals surface area contributed by atoms with E-state index in [1.54, 1.807) is 0 Å². The molecule has 0 saturated heterocycles. The van der Waals surface area contributed by atoms with Gasteiger partial charge >= 0.3 is 0 Å². The fourth-order valence-electron chi connectivity index (χ4n) is 4.91. The van der Waals surface area contributed by atoms with Crippen LogP contribution in [0.3, 0.4) is 0 Å². The highest BCUT2D eigenvalue weighted by atomic mass is 14.8. The normalized spacial score (nSPS) is 11.8. The number of hydrogen-bond donors (Lipinski definition) is 0. The van der Waals surface area contributed by atoms with Gasteiger partial charge in [0.05, 0.1) is 11.4 Å². The summed E-state index contributed by atoms with van der Waals surface area (Å²) in [7, 11) is 0. The highest BCUT2D eigenvalue weighted by Gasteiger charge is 2.09. The van der Waals surface area contributed by atoms with Crippen molar-refractivity contribution in [3.63, 3.8) is 0 Å². The summed E-state index contributed by atoms with van der Waals surface area (Å²) in [5.74, 6) is 0. The number of benzene rings is 2. The van der Waals surface area contributed by atoms with E-state index in [0.29, 0.717) is 0 Å². The van der Waals surface area contributed by atoms with Gasteiger partial charge in [0.1, 0.15) is 0 Å². The molecule has 0 unspecified atom stereocenters. The van der Waals surface area contributed by atoms with Gasteiger partial charge in [-0.05, 0) is 73.6 Å². The van der Waals surface area contributed by atoms with Gasteiger partial charge in [-0.2, -0.15) is 0 Å². The third-order valence-corrected chi connectivity index (χ3v) is 7.08. The van der Waals surface area contributed by atoms with Gasteiger partial charge in [0.2, 0.25) is 0 Å². The minimum absolute atomic E-state index is 1.11. The summed E-state index contributed by atoms with van der Waals surface area (Å²) in [4.78, 5) is 10.0. The molecule has 2 aromatic rings. The van der Waals surface area contributed by atoms with Crippen molar-refractivity contribution in [2.75, 3.05) is 0 Å². The van der Waals surface area contributed by atoms with E-state index < -0.39 is 0 Å². The number of unbranched alkanes of at least 4 members (excludes halogenated alkanes) is 8. The molecule has 0 fully saturated rings. The zero-order chi connectivity index (χ0) is 25.8. The standard InChI is InChI=1S/C34H52N2/c1-5-9-13-19-29-23-17-24-30(20-14-10-6-2)33(29)35-27-28-36-34-31(21-15-11-7-3)25-18-26-32(34)22-16-12-8-4/h17-18,23-28H,5-16,19-22H2,1-4H3. The van der Waals surface area contributed by atoms with Crippen molar-refractivity contribution >= 4 is 23.8 Å². The number of para-hydroxylation sites is 2. The summed E-state index contributed by atoms with van der Waals surface area (Å²) in [6, 6.07) is 13.6. The number of aryl methyl sites for hydroxylation is 4. The van der Waals surface area contributed by atoms with Gasteiger partial charge in [0.15, 0.2) is 0 Å². The van der Waals surface area contributed by atoms with Crippen LogP contribution >= 0.6 is 0 Å². The molecule has 0 bridgehead atoms. The number of aliphatic imine (C=N–C) groups is 2. The number of rotatable bonds is 19. The van der Waals surface area contributed by atoms with Gasteiger partial charge in [-0.15, -0.1) is 0 Å². The van der Waals surface area contributed by atoms with Crippen LogP contribution in [0, 0.1) is 0 Å². The first-order valence-electron chi connectivity index (χ1n) is 15.0. The Kier molecular flexibility index (Phi) is 15.8. The maximum Gasteiger partial charge on any atom is 0.0694 e. The Bertz CT molecular complexity index is 777. The Morgan fingerprint density at radius 2 is 0.722 bits per heavy atom. The monoisotopic (exact) mass is 488 g/mol. The number of hydrogen-bond acceptors (Lipinski definition) is 2. The summed E-state index contributed by atoms with van der Waals surface area (Å²) in [6.07, 6.45) is 23.4. The fourth-order valence-corrected chi connectivity index (χ4v) is 4.91. The number of nitrogens with zero attached hydrogens (tertiary/aromatic N) is 2. The van der Waals surface area contributed by atoms with Crippen LogP contribution in [-0.4, -0.2) is 12.4 Å². The molecule has 0 spiro atoms. The third kappa shape index (κ3) is 10.8. The quantitative estimate of drug-likeness (QED) is 0.139. The lowest BCUT2D eigenvalue weighted by Gasteiger charge is -2.12. The van der Waals surface area contributed by atoms with Crippen molar-refractivity contribution in [2.45, 2.75) is 130 Å². The molecular weight excluding hydrogens is 436 g/mol. The van der Waals surface area contributed by atoms with Crippen molar-refractivity contribution in [2.24, 2.45) is 9.98 Å². The molecule has 0 atom stereocenters. The van der Waals surface area contributed by atoms with Crippen molar-refractivity contribution in [1.82, 2.24) is 0 Å². The minimum atomic E-state index is 1.11. The third-order valence-electron chi connectivity index (χ3n) is 7.08. The first-order valence-corrected chi connectivity index (χ1v) is 15.0. The van der Waals surface area contributed by atoms with Crippen molar-refractivity contribution < 1.29 is 0 Å². The Morgan fingerprint density at radius 3 is 0.972 bits per heavy atom. The van der Waals surface area contributed by atoms with Crippen LogP contribution < -0.4 is 0 Å². The molecular formula is C34H52N2. The maximum atomic E-state index is 5.01. The molecule has 2 aromatic carbocycles. The van der Waals surface area contributed by atoms with Gasteiger partial charge < -0.3 is 0 Å². The van der Waals surface area contributed by atoms with E-state index in [4.69, 9.17) is 9.98 Å².